The molecule has 1 aliphatic heterocycles. The average Bonchev–Trinajstić information content (AvgIpc) is 2.39. The number of aromatic carboxylic acids is 1. The van der Waals surface area contributed by atoms with Crippen LogP contribution in [0, 0.1) is 0 Å². The van der Waals surface area contributed by atoms with E-state index < -0.39 is 12.4 Å². The van der Waals surface area contributed by atoms with Crippen molar-refractivity contribution in [3.05, 3.63) is 29.3 Å². The Kier molecular flexibility index (Phi) is 3.76. The summed E-state index contributed by atoms with van der Waals surface area (Å²) in [7, 11) is 0. The first-order chi connectivity index (χ1) is 8.59. The van der Waals surface area contributed by atoms with Gasteiger partial charge in [-0.2, -0.15) is 0 Å². The van der Waals surface area contributed by atoms with E-state index in [2.05, 4.69) is 0 Å². The maximum Gasteiger partial charge on any atom is 0.337 e. The van der Waals surface area contributed by atoms with Gasteiger partial charge in [0, 0.05) is 18.7 Å². The van der Waals surface area contributed by atoms with Crippen molar-refractivity contribution in [1.29, 1.82) is 0 Å². The summed E-state index contributed by atoms with van der Waals surface area (Å²) in [4.78, 5) is 13.0. The number of carboxylic acids is 1. The van der Waals surface area contributed by atoms with Gasteiger partial charge in [0.1, 0.15) is 0 Å². The van der Waals surface area contributed by atoms with Crippen LogP contribution in [-0.2, 0) is 4.74 Å². The summed E-state index contributed by atoms with van der Waals surface area (Å²) in [6.07, 6.45) is -2.66. The molecular weight excluding hydrogens is 244 g/mol. The first-order valence-corrected chi connectivity index (χ1v) is 5.57. The molecule has 0 radical (unpaired) electrons. The highest BCUT2D eigenvalue weighted by Gasteiger charge is 2.20. The SMILES string of the molecule is O=C(O)c1cc(C(F)F)ccc1N1CCOCC1. The van der Waals surface area contributed by atoms with Crippen molar-refractivity contribution >= 4 is 11.7 Å². The Hall–Kier alpha value is -1.69. The van der Waals surface area contributed by atoms with Gasteiger partial charge in [0.15, 0.2) is 0 Å². The van der Waals surface area contributed by atoms with Gasteiger partial charge in [0.25, 0.3) is 6.43 Å². The number of nitrogens with zero attached hydrogens (tertiary/aromatic N) is 1. The predicted molar refractivity (Wildman–Crippen MR) is 61.4 cm³/mol. The lowest BCUT2D eigenvalue weighted by Gasteiger charge is -2.30. The molecule has 0 spiro atoms. The van der Waals surface area contributed by atoms with Crippen molar-refractivity contribution in [3.63, 3.8) is 0 Å². The standard InChI is InChI=1S/C12H13F2NO3/c13-11(14)8-1-2-10(9(7-8)12(16)17)15-3-5-18-6-4-15/h1-2,7,11H,3-6H2,(H,16,17). The molecule has 0 unspecified atom stereocenters. The van der Waals surface area contributed by atoms with Gasteiger partial charge < -0.3 is 14.7 Å². The van der Waals surface area contributed by atoms with Crippen molar-refractivity contribution in [2.24, 2.45) is 0 Å². The fourth-order valence-electron chi connectivity index (χ4n) is 1.94. The number of alkyl halides is 2. The van der Waals surface area contributed by atoms with E-state index in [0.29, 0.717) is 32.0 Å². The largest absolute Gasteiger partial charge is 0.478 e. The van der Waals surface area contributed by atoms with E-state index in [4.69, 9.17) is 9.84 Å². The Bertz CT molecular complexity index is 445. The smallest absolute Gasteiger partial charge is 0.337 e. The molecule has 1 N–H and O–H groups in total. The average molecular weight is 257 g/mol. The van der Waals surface area contributed by atoms with Crippen molar-refractivity contribution in [3.8, 4) is 0 Å². The van der Waals surface area contributed by atoms with Crippen LogP contribution in [0.25, 0.3) is 0 Å². The Morgan fingerprint density at radius 2 is 2.00 bits per heavy atom. The highest BCUT2D eigenvalue weighted by Crippen LogP contribution is 2.27. The van der Waals surface area contributed by atoms with Crippen molar-refractivity contribution in [1.82, 2.24) is 0 Å². The maximum atomic E-state index is 12.6. The van der Waals surface area contributed by atoms with Gasteiger partial charge in [-0.25, -0.2) is 13.6 Å². The summed E-state index contributed by atoms with van der Waals surface area (Å²) in [5.74, 6) is -1.20. The number of hydrogen-bond donors (Lipinski definition) is 1. The highest BCUT2D eigenvalue weighted by molar-refractivity contribution is 5.94. The number of benzene rings is 1. The summed E-state index contributed by atoms with van der Waals surface area (Å²) in [5, 5.41) is 9.10. The minimum absolute atomic E-state index is 0.0882. The number of ether oxygens (including phenoxy) is 1. The monoisotopic (exact) mass is 257 g/mol. The van der Waals surface area contributed by atoms with Crippen molar-refractivity contribution in [2.45, 2.75) is 6.43 Å². The van der Waals surface area contributed by atoms with Crippen LogP contribution in [0.5, 0.6) is 0 Å². The van der Waals surface area contributed by atoms with Gasteiger partial charge in [-0.3, -0.25) is 0 Å². The summed E-state index contributed by atoms with van der Waals surface area (Å²) in [6, 6.07) is 3.75. The molecule has 1 aliphatic rings. The minimum atomic E-state index is -2.66. The summed E-state index contributed by atoms with van der Waals surface area (Å²) < 4.78 is 30.3. The molecule has 1 aromatic rings. The van der Waals surface area contributed by atoms with Gasteiger partial charge in [-0.15, -0.1) is 0 Å². The molecular formula is C12H13F2NO3. The van der Waals surface area contributed by atoms with Crippen LogP contribution in [0.1, 0.15) is 22.3 Å². The second-order valence-corrected chi connectivity index (χ2v) is 3.98. The zero-order chi connectivity index (χ0) is 13.1. The van der Waals surface area contributed by atoms with E-state index in [-0.39, 0.29) is 11.1 Å². The number of rotatable bonds is 3. The quantitative estimate of drug-likeness (QED) is 0.901. The Morgan fingerprint density at radius 3 is 2.56 bits per heavy atom. The Morgan fingerprint density at radius 1 is 1.33 bits per heavy atom. The molecule has 4 nitrogen and oxygen atoms in total. The molecule has 0 bridgehead atoms. The molecule has 1 aromatic carbocycles. The molecule has 0 saturated carbocycles. The Balaban J connectivity index is 2.36. The van der Waals surface area contributed by atoms with Crippen LogP contribution in [0.3, 0.4) is 0 Å². The summed E-state index contributed by atoms with van der Waals surface area (Å²) >= 11 is 0. The third-order valence-electron chi connectivity index (χ3n) is 2.85. The fraction of sp³-hybridized carbons (Fsp3) is 0.417. The van der Waals surface area contributed by atoms with E-state index in [0.717, 1.165) is 6.07 Å². The number of hydrogen-bond acceptors (Lipinski definition) is 3. The summed E-state index contributed by atoms with van der Waals surface area (Å²) in [5.41, 5.74) is 0.106. The number of halogens is 2. The second-order valence-electron chi connectivity index (χ2n) is 3.98. The van der Waals surface area contributed by atoms with Crippen molar-refractivity contribution in [2.75, 3.05) is 31.2 Å². The molecule has 0 atom stereocenters. The van der Waals surface area contributed by atoms with Gasteiger partial charge in [-0.1, -0.05) is 6.07 Å². The number of anilines is 1. The lowest BCUT2D eigenvalue weighted by molar-refractivity contribution is 0.0696. The lowest BCUT2D eigenvalue weighted by Crippen LogP contribution is -2.37. The molecule has 98 valence electrons. The van der Waals surface area contributed by atoms with Crippen LogP contribution in [0.15, 0.2) is 18.2 Å². The third-order valence-corrected chi connectivity index (χ3v) is 2.85. The molecule has 0 aliphatic carbocycles. The number of carboxylic acid groups (broad SMARTS) is 1. The molecule has 1 fully saturated rings. The van der Waals surface area contributed by atoms with Gasteiger partial charge in [-0.05, 0) is 12.1 Å². The van der Waals surface area contributed by atoms with Crippen LogP contribution >= 0.6 is 0 Å². The summed E-state index contributed by atoms with van der Waals surface area (Å²) in [6.45, 7) is 2.15. The van der Waals surface area contributed by atoms with Crippen LogP contribution in [-0.4, -0.2) is 37.4 Å². The predicted octanol–water partition coefficient (Wildman–Crippen LogP) is 2.16. The van der Waals surface area contributed by atoms with Crippen LogP contribution in [0.4, 0.5) is 14.5 Å². The second kappa shape index (κ2) is 5.30. The molecule has 2 rings (SSSR count). The van der Waals surface area contributed by atoms with E-state index in [9.17, 15) is 13.6 Å². The maximum absolute atomic E-state index is 12.6. The lowest BCUT2D eigenvalue weighted by atomic mass is 10.1. The Labute approximate surface area is 103 Å². The zero-order valence-electron chi connectivity index (χ0n) is 9.60. The van der Waals surface area contributed by atoms with E-state index in [1.54, 1.807) is 0 Å². The molecule has 0 aromatic heterocycles. The topological polar surface area (TPSA) is 49.8 Å². The van der Waals surface area contributed by atoms with Crippen LogP contribution < -0.4 is 4.90 Å². The van der Waals surface area contributed by atoms with E-state index >= 15 is 0 Å². The molecule has 18 heavy (non-hydrogen) atoms. The molecule has 6 heteroatoms. The van der Waals surface area contributed by atoms with Gasteiger partial charge in [0.05, 0.1) is 24.5 Å². The van der Waals surface area contributed by atoms with Crippen molar-refractivity contribution < 1.29 is 23.4 Å². The first-order valence-electron chi connectivity index (χ1n) is 5.57. The van der Waals surface area contributed by atoms with E-state index in [1.165, 1.54) is 12.1 Å². The molecule has 1 saturated heterocycles. The van der Waals surface area contributed by atoms with E-state index in [1.807, 2.05) is 4.90 Å². The van der Waals surface area contributed by atoms with Crippen LogP contribution in [0.2, 0.25) is 0 Å². The fourth-order valence-corrected chi connectivity index (χ4v) is 1.94. The van der Waals surface area contributed by atoms with Gasteiger partial charge in [0.2, 0.25) is 0 Å². The minimum Gasteiger partial charge on any atom is -0.478 e. The zero-order valence-corrected chi connectivity index (χ0v) is 9.60. The first kappa shape index (κ1) is 12.8. The molecule has 1 heterocycles. The molecule has 0 amide bonds. The highest BCUT2D eigenvalue weighted by atomic mass is 19.3. The number of carbonyl (C=O) groups is 1. The third kappa shape index (κ3) is 2.59. The number of morpholine rings is 1. The van der Waals surface area contributed by atoms with Gasteiger partial charge >= 0.3 is 5.97 Å². The normalized spacial score (nSPS) is 16.1.